The van der Waals surface area contributed by atoms with Crippen molar-refractivity contribution in [3.8, 4) is 28.8 Å². The SMILES string of the molecule is COc1cccc(OC)c1-n1c(NSCCc2ccc(Cl)cc2)nnc1-c1ccc(C)o1. The first-order valence-corrected chi connectivity index (χ1v) is 11.3. The van der Waals surface area contributed by atoms with Crippen molar-refractivity contribution in [1.29, 1.82) is 0 Å². The van der Waals surface area contributed by atoms with Gasteiger partial charge in [-0.05, 0) is 67.3 Å². The van der Waals surface area contributed by atoms with Gasteiger partial charge in [0.15, 0.2) is 5.76 Å². The normalized spacial score (nSPS) is 10.9. The summed E-state index contributed by atoms with van der Waals surface area (Å²) in [4.78, 5) is 0. The number of para-hydroxylation sites is 1. The number of aromatic nitrogens is 3. The lowest BCUT2D eigenvalue weighted by molar-refractivity contribution is 0.391. The Labute approximate surface area is 195 Å². The van der Waals surface area contributed by atoms with Crippen LogP contribution in [0.2, 0.25) is 5.02 Å². The van der Waals surface area contributed by atoms with Gasteiger partial charge >= 0.3 is 0 Å². The number of methoxy groups -OCH3 is 2. The molecule has 0 atom stereocenters. The van der Waals surface area contributed by atoms with E-state index in [9.17, 15) is 0 Å². The summed E-state index contributed by atoms with van der Waals surface area (Å²) < 4.78 is 22.3. The molecule has 0 fully saturated rings. The van der Waals surface area contributed by atoms with Gasteiger partial charge in [0.2, 0.25) is 11.8 Å². The average molecular weight is 471 g/mol. The quantitative estimate of drug-likeness (QED) is 0.244. The second kappa shape index (κ2) is 10.0. The number of halogens is 1. The van der Waals surface area contributed by atoms with E-state index >= 15 is 0 Å². The molecule has 0 amide bonds. The molecule has 0 aliphatic carbocycles. The fourth-order valence-electron chi connectivity index (χ4n) is 3.26. The highest BCUT2D eigenvalue weighted by atomic mass is 35.5. The van der Waals surface area contributed by atoms with Gasteiger partial charge in [-0.25, -0.2) is 0 Å². The Hall–Kier alpha value is -3.10. The van der Waals surface area contributed by atoms with Crippen molar-refractivity contribution in [3.05, 3.63) is 70.9 Å². The van der Waals surface area contributed by atoms with Crippen LogP contribution in [-0.2, 0) is 6.42 Å². The van der Waals surface area contributed by atoms with Gasteiger partial charge in [0, 0.05) is 10.8 Å². The van der Waals surface area contributed by atoms with E-state index in [1.54, 1.807) is 14.2 Å². The Morgan fingerprint density at radius 1 is 1.00 bits per heavy atom. The summed E-state index contributed by atoms with van der Waals surface area (Å²) in [5.74, 6) is 4.55. The number of ether oxygens (including phenoxy) is 2. The average Bonchev–Trinajstić information content (AvgIpc) is 3.43. The van der Waals surface area contributed by atoms with Crippen LogP contribution in [0, 0.1) is 6.92 Å². The lowest BCUT2D eigenvalue weighted by Gasteiger charge is -2.17. The highest BCUT2D eigenvalue weighted by molar-refractivity contribution is 8.00. The molecular weight excluding hydrogens is 448 g/mol. The van der Waals surface area contributed by atoms with Crippen LogP contribution < -0.4 is 14.2 Å². The van der Waals surface area contributed by atoms with E-state index in [0.717, 1.165) is 23.0 Å². The zero-order valence-electron chi connectivity index (χ0n) is 18.0. The maximum Gasteiger partial charge on any atom is 0.239 e. The maximum absolute atomic E-state index is 5.97. The first kappa shape index (κ1) is 22.1. The number of aryl methyl sites for hydroxylation is 2. The van der Waals surface area contributed by atoms with Gasteiger partial charge in [0.25, 0.3) is 0 Å². The van der Waals surface area contributed by atoms with Crippen LogP contribution in [0.15, 0.2) is 59.0 Å². The minimum absolute atomic E-state index is 0.540. The molecule has 7 nitrogen and oxygen atoms in total. The summed E-state index contributed by atoms with van der Waals surface area (Å²) in [6.07, 6.45) is 0.880. The highest BCUT2D eigenvalue weighted by Gasteiger charge is 2.23. The van der Waals surface area contributed by atoms with Crippen molar-refractivity contribution >= 4 is 29.5 Å². The molecule has 0 saturated carbocycles. The van der Waals surface area contributed by atoms with Gasteiger partial charge < -0.3 is 13.9 Å². The molecule has 0 aliphatic rings. The van der Waals surface area contributed by atoms with Gasteiger partial charge in [-0.2, -0.15) is 0 Å². The van der Waals surface area contributed by atoms with Crippen LogP contribution in [-0.4, -0.2) is 34.7 Å². The molecule has 0 radical (unpaired) electrons. The molecule has 2 heterocycles. The molecule has 166 valence electrons. The number of nitrogens with zero attached hydrogens (tertiary/aromatic N) is 3. The van der Waals surface area contributed by atoms with Crippen molar-refractivity contribution in [3.63, 3.8) is 0 Å². The highest BCUT2D eigenvalue weighted by Crippen LogP contribution is 2.38. The van der Waals surface area contributed by atoms with Crippen molar-refractivity contribution in [2.75, 3.05) is 24.7 Å². The predicted octanol–water partition coefficient (Wildman–Crippen LogP) is 5.81. The minimum Gasteiger partial charge on any atom is -0.494 e. The fraction of sp³-hybridized carbons (Fsp3) is 0.217. The van der Waals surface area contributed by atoms with Gasteiger partial charge in [0.05, 0.1) is 14.2 Å². The van der Waals surface area contributed by atoms with E-state index in [4.69, 9.17) is 25.5 Å². The zero-order chi connectivity index (χ0) is 22.5. The molecule has 32 heavy (non-hydrogen) atoms. The minimum atomic E-state index is 0.540. The van der Waals surface area contributed by atoms with Crippen molar-refractivity contribution in [2.24, 2.45) is 0 Å². The molecular formula is C23H23ClN4O3S. The summed E-state index contributed by atoms with van der Waals surface area (Å²) in [5.41, 5.74) is 1.90. The van der Waals surface area contributed by atoms with E-state index in [0.29, 0.717) is 34.7 Å². The zero-order valence-corrected chi connectivity index (χ0v) is 19.5. The van der Waals surface area contributed by atoms with Gasteiger partial charge in [-0.15, -0.1) is 10.2 Å². The van der Waals surface area contributed by atoms with Gasteiger partial charge in [-0.1, -0.05) is 29.8 Å². The van der Waals surface area contributed by atoms with Crippen LogP contribution >= 0.6 is 23.5 Å². The molecule has 4 rings (SSSR count). The smallest absolute Gasteiger partial charge is 0.239 e. The largest absolute Gasteiger partial charge is 0.494 e. The Bertz CT molecular complexity index is 1170. The molecule has 0 spiro atoms. The molecule has 0 bridgehead atoms. The lowest BCUT2D eigenvalue weighted by Crippen LogP contribution is -2.07. The van der Waals surface area contributed by atoms with E-state index in [-0.39, 0.29) is 0 Å². The van der Waals surface area contributed by atoms with Crippen LogP contribution in [0.3, 0.4) is 0 Å². The molecule has 0 saturated heterocycles. The topological polar surface area (TPSA) is 74.3 Å². The summed E-state index contributed by atoms with van der Waals surface area (Å²) in [6.45, 7) is 1.89. The first-order valence-electron chi connectivity index (χ1n) is 9.96. The summed E-state index contributed by atoms with van der Waals surface area (Å²) in [6, 6.07) is 17.2. The maximum atomic E-state index is 5.97. The molecule has 2 aromatic heterocycles. The Balaban J connectivity index is 1.65. The Morgan fingerprint density at radius 3 is 2.34 bits per heavy atom. The third kappa shape index (κ3) is 4.71. The number of furan rings is 1. The van der Waals surface area contributed by atoms with Crippen molar-refractivity contribution < 1.29 is 13.9 Å². The standard InChI is InChI=1S/C23H23ClN4O3S/c1-15-7-12-20(31-15)22-25-26-23(27-32-14-13-16-8-10-17(24)11-9-16)28(22)21-18(29-2)5-4-6-19(21)30-3/h4-12H,13-14H2,1-3H3,(H,26,27). The molecule has 4 aromatic rings. The Kier molecular flexibility index (Phi) is 6.92. The van der Waals surface area contributed by atoms with E-state index in [1.807, 2.05) is 66.1 Å². The molecule has 1 N–H and O–H groups in total. The third-order valence-corrected chi connectivity index (χ3v) is 5.81. The molecule has 0 unspecified atom stereocenters. The molecule has 9 heteroatoms. The van der Waals surface area contributed by atoms with Gasteiger partial charge in [-0.3, -0.25) is 9.29 Å². The van der Waals surface area contributed by atoms with Gasteiger partial charge in [0.1, 0.15) is 22.9 Å². The fourth-order valence-corrected chi connectivity index (χ4v) is 4.09. The summed E-state index contributed by atoms with van der Waals surface area (Å²) in [7, 11) is 3.24. The number of benzene rings is 2. The Morgan fingerprint density at radius 2 is 1.72 bits per heavy atom. The summed E-state index contributed by atoms with van der Waals surface area (Å²) in [5, 5.41) is 9.50. The van der Waals surface area contributed by atoms with Crippen molar-refractivity contribution in [1.82, 2.24) is 14.8 Å². The number of nitrogens with one attached hydrogen (secondary N) is 1. The first-order chi connectivity index (χ1) is 15.6. The van der Waals surface area contributed by atoms with Crippen molar-refractivity contribution in [2.45, 2.75) is 13.3 Å². The monoisotopic (exact) mass is 470 g/mol. The van der Waals surface area contributed by atoms with Crippen LogP contribution in [0.1, 0.15) is 11.3 Å². The van der Waals surface area contributed by atoms with Crippen LogP contribution in [0.5, 0.6) is 11.5 Å². The number of hydrogen-bond donors (Lipinski definition) is 1. The summed E-state index contributed by atoms with van der Waals surface area (Å²) >= 11 is 7.51. The second-order valence-electron chi connectivity index (χ2n) is 6.93. The molecule has 2 aromatic carbocycles. The van der Waals surface area contributed by atoms with E-state index < -0.39 is 0 Å². The second-order valence-corrected chi connectivity index (χ2v) is 8.27. The predicted molar refractivity (Wildman–Crippen MR) is 128 cm³/mol. The molecule has 0 aliphatic heterocycles. The number of anilines is 1. The van der Waals surface area contributed by atoms with Crippen LogP contribution in [0.4, 0.5) is 5.95 Å². The van der Waals surface area contributed by atoms with Crippen LogP contribution in [0.25, 0.3) is 17.3 Å². The number of hydrogen-bond acceptors (Lipinski definition) is 7. The third-order valence-electron chi connectivity index (χ3n) is 4.82. The lowest BCUT2D eigenvalue weighted by atomic mass is 10.2. The number of rotatable bonds is 9. The van der Waals surface area contributed by atoms with E-state index in [2.05, 4.69) is 14.9 Å². The van der Waals surface area contributed by atoms with E-state index in [1.165, 1.54) is 17.5 Å².